The van der Waals surface area contributed by atoms with E-state index >= 15 is 0 Å². The van der Waals surface area contributed by atoms with Crippen LogP contribution in [-0.4, -0.2) is 26.8 Å². The summed E-state index contributed by atoms with van der Waals surface area (Å²) in [4.78, 5) is 13.9. The Kier molecular flexibility index (Phi) is 5.64. The molecule has 0 fully saturated rings. The van der Waals surface area contributed by atoms with Crippen LogP contribution in [0.3, 0.4) is 0 Å². The number of halogens is 1. The number of nitrogens with two attached hydrogens (primary N) is 2. The Balaban J connectivity index is 0.00000192. The fourth-order valence-corrected chi connectivity index (χ4v) is 2.69. The predicted octanol–water partition coefficient (Wildman–Crippen LogP) is 1.79. The van der Waals surface area contributed by atoms with E-state index in [1.165, 1.54) is 0 Å². The van der Waals surface area contributed by atoms with Gasteiger partial charge < -0.3 is 20.9 Å². The lowest BCUT2D eigenvalue weighted by atomic mass is 10.1. The van der Waals surface area contributed by atoms with Gasteiger partial charge >= 0.3 is 0 Å². The SMILES string of the molecule is Cl.NC(=O)CSc1nnc(C(N)Cc2c[nH]c3ccccc23)o1. The van der Waals surface area contributed by atoms with Gasteiger partial charge in [0, 0.05) is 17.1 Å². The van der Waals surface area contributed by atoms with Crippen LogP contribution in [0.1, 0.15) is 17.5 Å². The van der Waals surface area contributed by atoms with Gasteiger partial charge in [0.1, 0.15) is 0 Å². The molecule has 0 saturated carbocycles. The number of H-pyrrole nitrogens is 1. The van der Waals surface area contributed by atoms with Crippen molar-refractivity contribution < 1.29 is 9.21 Å². The minimum absolute atomic E-state index is 0. The zero-order valence-corrected chi connectivity index (χ0v) is 13.7. The van der Waals surface area contributed by atoms with Crippen LogP contribution < -0.4 is 11.5 Å². The molecule has 3 aromatic rings. The maximum Gasteiger partial charge on any atom is 0.277 e. The Bertz CT molecular complexity index is 803. The van der Waals surface area contributed by atoms with Crippen molar-refractivity contribution in [2.45, 2.75) is 17.7 Å². The van der Waals surface area contributed by atoms with E-state index in [0.29, 0.717) is 17.5 Å². The maximum absolute atomic E-state index is 10.7. The summed E-state index contributed by atoms with van der Waals surface area (Å²) >= 11 is 1.10. The van der Waals surface area contributed by atoms with E-state index in [0.717, 1.165) is 28.2 Å². The standard InChI is InChI=1S/C14H15N5O2S.ClH/c15-10(13-18-19-14(21-13)22-7-12(16)20)5-8-6-17-11-4-2-1-3-9(8)11;/h1-4,6,10,17H,5,7,15H2,(H2,16,20);1H. The molecule has 0 aliphatic carbocycles. The van der Waals surface area contributed by atoms with Gasteiger partial charge in [-0.05, 0) is 18.1 Å². The Morgan fingerprint density at radius 2 is 2.13 bits per heavy atom. The van der Waals surface area contributed by atoms with Crippen molar-refractivity contribution in [2.24, 2.45) is 11.5 Å². The van der Waals surface area contributed by atoms with Gasteiger partial charge in [-0.25, -0.2) is 0 Å². The molecule has 5 N–H and O–H groups in total. The summed E-state index contributed by atoms with van der Waals surface area (Å²) in [7, 11) is 0. The highest BCUT2D eigenvalue weighted by molar-refractivity contribution is 7.99. The number of nitrogens with one attached hydrogen (secondary N) is 1. The van der Waals surface area contributed by atoms with E-state index in [9.17, 15) is 4.79 Å². The van der Waals surface area contributed by atoms with Crippen molar-refractivity contribution in [2.75, 3.05) is 5.75 Å². The number of aromatic nitrogens is 3. The molecule has 122 valence electrons. The van der Waals surface area contributed by atoms with E-state index in [2.05, 4.69) is 15.2 Å². The monoisotopic (exact) mass is 353 g/mol. The Labute approximate surface area is 142 Å². The van der Waals surface area contributed by atoms with Gasteiger partial charge in [0.15, 0.2) is 0 Å². The van der Waals surface area contributed by atoms with Crippen molar-refractivity contribution >= 4 is 41.0 Å². The number of nitrogens with zero attached hydrogens (tertiary/aromatic N) is 2. The molecule has 1 aromatic carbocycles. The van der Waals surface area contributed by atoms with Crippen LogP contribution >= 0.6 is 24.2 Å². The number of carbonyl (C=O) groups excluding carboxylic acids is 1. The van der Waals surface area contributed by atoms with Crippen LogP contribution in [0.2, 0.25) is 0 Å². The molecule has 0 bridgehead atoms. The van der Waals surface area contributed by atoms with Crippen LogP contribution in [0.4, 0.5) is 0 Å². The normalized spacial score (nSPS) is 12.0. The number of benzene rings is 1. The third-order valence-electron chi connectivity index (χ3n) is 3.19. The number of rotatable bonds is 6. The third kappa shape index (κ3) is 4.04. The van der Waals surface area contributed by atoms with Crippen LogP contribution in [-0.2, 0) is 11.2 Å². The minimum atomic E-state index is -0.437. The zero-order chi connectivity index (χ0) is 15.5. The third-order valence-corrected chi connectivity index (χ3v) is 4.03. The number of amides is 1. The fourth-order valence-electron chi connectivity index (χ4n) is 2.19. The largest absolute Gasteiger partial charge is 0.414 e. The second-order valence-electron chi connectivity index (χ2n) is 4.83. The summed E-state index contributed by atoms with van der Waals surface area (Å²) in [5.74, 6) is 0.00404. The van der Waals surface area contributed by atoms with Crippen molar-refractivity contribution in [3.8, 4) is 0 Å². The van der Waals surface area contributed by atoms with Gasteiger partial charge in [0.05, 0.1) is 11.8 Å². The first-order valence-corrected chi connectivity index (χ1v) is 7.67. The number of hydrogen-bond acceptors (Lipinski definition) is 6. The first kappa shape index (κ1) is 17.3. The molecule has 0 radical (unpaired) electrons. The molecule has 23 heavy (non-hydrogen) atoms. The molecular weight excluding hydrogens is 338 g/mol. The molecule has 1 amide bonds. The first-order chi connectivity index (χ1) is 10.6. The summed E-state index contributed by atoms with van der Waals surface area (Å²) in [6.45, 7) is 0. The average Bonchev–Trinajstić information content (AvgIpc) is 3.13. The maximum atomic E-state index is 10.7. The van der Waals surface area contributed by atoms with Crippen LogP contribution in [0, 0.1) is 0 Å². The predicted molar refractivity (Wildman–Crippen MR) is 90.4 cm³/mol. The number of hydrogen-bond donors (Lipinski definition) is 3. The number of fused-ring (bicyclic) bond motifs is 1. The first-order valence-electron chi connectivity index (χ1n) is 6.68. The topological polar surface area (TPSA) is 124 Å². The van der Waals surface area contributed by atoms with E-state index in [1.54, 1.807) is 0 Å². The molecule has 1 atom stereocenters. The summed E-state index contributed by atoms with van der Waals surface area (Å²) < 4.78 is 5.45. The summed E-state index contributed by atoms with van der Waals surface area (Å²) in [6.07, 6.45) is 2.51. The number of primary amides is 1. The highest BCUT2D eigenvalue weighted by atomic mass is 35.5. The van der Waals surface area contributed by atoms with E-state index in [4.69, 9.17) is 15.9 Å². The smallest absolute Gasteiger partial charge is 0.277 e. The number of para-hydroxylation sites is 1. The van der Waals surface area contributed by atoms with Gasteiger partial charge in [-0.1, -0.05) is 30.0 Å². The molecular formula is C14H16ClN5O2S. The molecule has 2 aromatic heterocycles. The number of aromatic amines is 1. The molecule has 7 nitrogen and oxygen atoms in total. The summed E-state index contributed by atoms with van der Waals surface area (Å²) in [6, 6.07) is 7.60. The molecule has 0 spiro atoms. The number of carbonyl (C=O) groups is 1. The van der Waals surface area contributed by atoms with Crippen molar-refractivity contribution in [3.63, 3.8) is 0 Å². The second-order valence-corrected chi connectivity index (χ2v) is 5.76. The Morgan fingerprint density at radius 3 is 2.91 bits per heavy atom. The molecule has 9 heteroatoms. The quantitative estimate of drug-likeness (QED) is 0.580. The molecule has 1 unspecified atom stereocenters. The molecule has 0 aliphatic rings. The van der Waals surface area contributed by atoms with Crippen LogP contribution in [0.15, 0.2) is 40.1 Å². The lowest BCUT2D eigenvalue weighted by Gasteiger charge is -2.05. The Morgan fingerprint density at radius 1 is 1.35 bits per heavy atom. The second kappa shape index (κ2) is 7.49. The van der Waals surface area contributed by atoms with Gasteiger partial charge in [-0.2, -0.15) is 0 Å². The molecule has 2 heterocycles. The van der Waals surface area contributed by atoms with E-state index < -0.39 is 11.9 Å². The molecule has 0 saturated heterocycles. The zero-order valence-electron chi connectivity index (χ0n) is 12.1. The van der Waals surface area contributed by atoms with Gasteiger partial charge in [-0.15, -0.1) is 22.6 Å². The summed E-state index contributed by atoms with van der Waals surface area (Å²) in [5, 5.41) is 9.20. The van der Waals surface area contributed by atoms with Crippen LogP contribution in [0.25, 0.3) is 10.9 Å². The Hall–Kier alpha value is -2.03. The number of thioether (sulfide) groups is 1. The van der Waals surface area contributed by atoms with E-state index in [1.807, 2.05) is 30.5 Å². The summed E-state index contributed by atoms with van der Waals surface area (Å²) in [5.41, 5.74) is 13.4. The highest BCUT2D eigenvalue weighted by Crippen LogP contribution is 2.24. The van der Waals surface area contributed by atoms with Gasteiger partial charge in [0.25, 0.3) is 5.22 Å². The van der Waals surface area contributed by atoms with E-state index in [-0.39, 0.29) is 18.2 Å². The molecule has 3 rings (SSSR count). The van der Waals surface area contributed by atoms with Crippen molar-refractivity contribution in [1.29, 1.82) is 0 Å². The average molecular weight is 354 g/mol. The molecule has 0 aliphatic heterocycles. The van der Waals surface area contributed by atoms with Crippen molar-refractivity contribution in [1.82, 2.24) is 15.2 Å². The lowest BCUT2D eigenvalue weighted by Crippen LogP contribution is -2.13. The fraction of sp³-hybridized carbons (Fsp3) is 0.214. The lowest BCUT2D eigenvalue weighted by molar-refractivity contribution is -0.115. The highest BCUT2D eigenvalue weighted by Gasteiger charge is 2.17. The minimum Gasteiger partial charge on any atom is -0.414 e. The van der Waals surface area contributed by atoms with Crippen molar-refractivity contribution in [3.05, 3.63) is 41.9 Å². The van der Waals surface area contributed by atoms with Gasteiger partial charge in [-0.3, -0.25) is 4.79 Å². The van der Waals surface area contributed by atoms with Gasteiger partial charge in [0.2, 0.25) is 11.8 Å². The van der Waals surface area contributed by atoms with Crippen LogP contribution in [0.5, 0.6) is 0 Å².